The second kappa shape index (κ2) is 6.66. The molecule has 6 heteroatoms. The first-order valence-corrected chi connectivity index (χ1v) is 8.00. The number of nitrogens with zero attached hydrogens (tertiary/aromatic N) is 2. The van der Waals surface area contributed by atoms with Crippen LogP contribution in [0.3, 0.4) is 0 Å². The van der Waals surface area contributed by atoms with Gasteiger partial charge in [0.15, 0.2) is 0 Å². The minimum absolute atomic E-state index is 0.311. The lowest BCUT2D eigenvalue weighted by Gasteiger charge is -2.21. The smallest absolute Gasteiger partial charge is 0.226 e. The lowest BCUT2D eigenvalue weighted by atomic mass is 9.95. The molecule has 1 fully saturated rings. The van der Waals surface area contributed by atoms with E-state index >= 15 is 0 Å². The summed E-state index contributed by atoms with van der Waals surface area (Å²) >= 11 is 3.32. The first kappa shape index (κ1) is 14.7. The van der Waals surface area contributed by atoms with Gasteiger partial charge in [-0.05, 0) is 56.5 Å². The number of hydrogen-bond donors (Lipinski definition) is 1. The number of halogens is 2. The molecular weight excluding hydrogens is 337 g/mol. The summed E-state index contributed by atoms with van der Waals surface area (Å²) in [7, 11) is 0. The van der Waals surface area contributed by atoms with E-state index in [0.29, 0.717) is 23.2 Å². The summed E-state index contributed by atoms with van der Waals surface area (Å²) in [6.45, 7) is 2.17. The molecule has 0 amide bonds. The summed E-state index contributed by atoms with van der Waals surface area (Å²) in [5, 5.41) is 7.28. The Morgan fingerprint density at radius 3 is 3.14 bits per heavy atom. The SMILES string of the molecule is Fc1ccc(Br)cc1-c1noc(CCC2CCCNC2)n1. The average Bonchev–Trinajstić information content (AvgIpc) is 2.97. The Bertz CT molecular complexity index is 611. The van der Waals surface area contributed by atoms with Gasteiger partial charge in [0.1, 0.15) is 5.82 Å². The van der Waals surface area contributed by atoms with Gasteiger partial charge < -0.3 is 9.84 Å². The van der Waals surface area contributed by atoms with E-state index in [1.54, 1.807) is 12.1 Å². The zero-order chi connectivity index (χ0) is 14.7. The maximum atomic E-state index is 13.8. The fourth-order valence-electron chi connectivity index (χ4n) is 2.63. The summed E-state index contributed by atoms with van der Waals surface area (Å²) in [4.78, 5) is 4.31. The van der Waals surface area contributed by atoms with Crippen LogP contribution in [0.4, 0.5) is 4.39 Å². The highest BCUT2D eigenvalue weighted by Crippen LogP contribution is 2.24. The molecule has 2 aromatic rings. The first-order chi connectivity index (χ1) is 10.2. The Morgan fingerprint density at radius 1 is 1.43 bits per heavy atom. The molecule has 4 nitrogen and oxygen atoms in total. The Hall–Kier alpha value is -1.27. The van der Waals surface area contributed by atoms with E-state index in [0.717, 1.165) is 30.4 Å². The monoisotopic (exact) mass is 353 g/mol. The number of hydrogen-bond acceptors (Lipinski definition) is 4. The van der Waals surface area contributed by atoms with Gasteiger partial charge in [0, 0.05) is 10.9 Å². The van der Waals surface area contributed by atoms with Crippen molar-refractivity contribution in [3.8, 4) is 11.4 Å². The third-order valence-electron chi connectivity index (χ3n) is 3.80. The lowest BCUT2D eigenvalue weighted by Crippen LogP contribution is -2.29. The normalized spacial score (nSPS) is 18.9. The molecule has 0 saturated carbocycles. The molecule has 1 aromatic heterocycles. The van der Waals surface area contributed by atoms with Gasteiger partial charge >= 0.3 is 0 Å². The van der Waals surface area contributed by atoms with Crippen LogP contribution in [0.5, 0.6) is 0 Å². The van der Waals surface area contributed by atoms with Gasteiger partial charge in [-0.1, -0.05) is 21.1 Å². The van der Waals surface area contributed by atoms with Crippen molar-refractivity contribution in [1.82, 2.24) is 15.5 Å². The molecule has 1 unspecified atom stereocenters. The van der Waals surface area contributed by atoms with E-state index in [1.165, 1.54) is 18.9 Å². The Kier molecular flexibility index (Phi) is 4.65. The third-order valence-corrected chi connectivity index (χ3v) is 4.30. The molecule has 0 spiro atoms. The Balaban J connectivity index is 1.66. The standard InChI is InChI=1S/C15H17BrFN3O/c16-11-4-5-13(17)12(8-11)15-19-14(21-20-15)6-3-10-2-1-7-18-9-10/h4-5,8,10,18H,1-3,6-7,9H2. The van der Waals surface area contributed by atoms with Crippen molar-refractivity contribution in [3.63, 3.8) is 0 Å². The van der Waals surface area contributed by atoms with Crippen molar-refractivity contribution in [3.05, 3.63) is 34.4 Å². The number of rotatable bonds is 4. The molecule has 0 aliphatic carbocycles. The highest BCUT2D eigenvalue weighted by molar-refractivity contribution is 9.10. The van der Waals surface area contributed by atoms with Crippen LogP contribution in [0.25, 0.3) is 11.4 Å². The minimum atomic E-state index is -0.345. The van der Waals surface area contributed by atoms with Gasteiger partial charge in [0.05, 0.1) is 5.56 Å². The van der Waals surface area contributed by atoms with Crippen molar-refractivity contribution in [2.45, 2.75) is 25.7 Å². The molecule has 2 heterocycles. The first-order valence-electron chi connectivity index (χ1n) is 7.21. The molecule has 1 aliphatic heterocycles. The second-order valence-electron chi connectivity index (χ2n) is 5.39. The Labute approximate surface area is 131 Å². The fourth-order valence-corrected chi connectivity index (χ4v) is 2.99. The van der Waals surface area contributed by atoms with Crippen LogP contribution in [0.1, 0.15) is 25.2 Å². The average molecular weight is 354 g/mol. The molecule has 1 N–H and O–H groups in total. The summed E-state index contributed by atoms with van der Waals surface area (Å²) < 4.78 is 19.8. The highest BCUT2D eigenvalue weighted by Gasteiger charge is 2.16. The summed E-state index contributed by atoms with van der Waals surface area (Å²) in [6, 6.07) is 4.70. The van der Waals surface area contributed by atoms with Crippen molar-refractivity contribution in [2.24, 2.45) is 5.92 Å². The predicted molar refractivity (Wildman–Crippen MR) is 81.3 cm³/mol. The van der Waals surface area contributed by atoms with Crippen LogP contribution >= 0.6 is 15.9 Å². The molecule has 1 aliphatic rings. The number of aromatic nitrogens is 2. The molecule has 0 radical (unpaired) electrons. The number of nitrogens with one attached hydrogen (secondary N) is 1. The van der Waals surface area contributed by atoms with E-state index in [9.17, 15) is 4.39 Å². The highest BCUT2D eigenvalue weighted by atomic mass is 79.9. The van der Waals surface area contributed by atoms with Gasteiger partial charge in [0.25, 0.3) is 0 Å². The number of benzene rings is 1. The van der Waals surface area contributed by atoms with Crippen LogP contribution in [0.15, 0.2) is 27.2 Å². The van der Waals surface area contributed by atoms with E-state index < -0.39 is 0 Å². The van der Waals surface area contributed by atoms with Gasteiger partial charge in [-0.25, -0.2) is 4.39 Å². The zero-order valence-corrected chi connectivity index (χ0v) is 13.2. The topological polar surface area (TPSA) is 51.0 Å². The summed E-state index contributed by atoms with van der Waals surface area (Å²) in [5.74, 6) is 1.21. The van der Waals surface area contributed by atoms with Gasteiger partial charge in [0.2, 0.25) is 11.7 Å². The predicted octanol–water partition coefficient (Wildman–Crippen LogP) is 3.57. The molecule has 0 bridgehead atoms. The molecule has 1 aromatic carbocycles. The largest absolute Gasteiger partial charge is 0.339 e. The van der Waals surface area contributed by atoms with Gasteiger partial charge in [-0.3, -0.25) is 0 Å². The molecule has 1 saturated heterocycles. The summed E-state index contributed by atoms with van der Waals surface area (Å²) in [5.41, 5.74) is 0.360. The lowest BCUT2D eigenvalue weighted by molar-refractivity contribution is 0.327. The molecule has 1 atom stereocenters. The van der Waals surface area contributed by atoms with Crippen LogP contribution in [-0.2, 0) is 6.42 Å². The maximum absolute atomic E-state index is 13.8. The fraction of sp³-hybridized carbons (Fsp3) is 0.467. The quantitative estimate of drug-likeness (QED) is 0.912. The Morgan fingerprint density at radius 2 is 2.33 bits per heavy atom. The van der Waals surface area contributed by atoms with Crippen LogP contribution in [0, 0.1) is 11.7 Å². The second-order valence-corrected chi connectivity index (χ2v) is 6.30. The van der Waals surface area contributed by atoms with Gasteiger partial charge in [-0.2, -0.15) is 4.98 Å². The number of piperidine rings is 1. The van der Waals surface area contributed by atoms with Crippen LogP contribution in [0.2, 0.25) is 0 Å². The molecular formula is C15H17BrFN3O. The van der Waals surface area contributed by atoms with E-state index in [1.807, 2.05) is 0 Å². The van der Waals surface area contributed by atoms with Crippen molar-refractivity contribution in [1.29, 1.82) is 0 Å². The zero-order valence-electron chi connectivity index (χ0n) is 11.6. The van der Waals surface area contributed by atoms with Crippen molar-refractivity contribution < 1.29 is 8.91 Å². The van der Waals surface area contributed by atoms with E-state index in [4.69, 9.17) is 4.52 Å². The van der Waals surface area contributed by atoms with Crippen LogP contribution in [-0.4, -0.2) is 23.2 Å². The maximum Gasteiger partial charge on any atom is 0.226 e. The molecule has 21 heavy (non-hydrogen) atoms. The van der Waals surface area contributed by atoms with E-state index in [2.05, 4.69) is 31.4 Å². The van der Waals surface area contributed by atoms with E-state index in [-0.39, 0.29) is 5.82 Å². The number of aryl methyl sites for hydroxylation is 1. The molecule has 3 rings (SSSR count). The molecule has 112 valence electrons. The van der Waals surface area contributed by atoms with Crippen molar-refractivity contribution in [2.75, 3.05) is 13.1 Å². The van der Waals surface area contributed by atoms with Gasteiger partial charge in [-0.15, -0.1) is 0 Å². The minimum Gasteiger partial charge on any atom is -0.339 e. The third kappa shape index (κ3) is 3.68. The van der Waals surface area contributed by atoms with Crippen molar-refractivity contribution >= 4 is 15.9 Å². The van der Waals surface area contributed by atoms with Crippen LogP contribution < -0.4 is 5.32 Å². The summed E-state index contributed by atoms with van der Waals surface area (Å²) in [6.07, 6.45) is 4.24.